The van der Waals surface area contributed by atoms with Crippen LogP contribution in [0.1, 0.15) is 12.8 Å². The Bertz CT molecular complexity index is 483. The lowest BCUT2D eigenvalue weighted by Crippen LogP contribution is -2.17. The third kappa shape index (κ3) is 2.85. The first-order chi connectivity index (χ1) is 8.69. The number of benzene rings is 1. The highest BCUT2D eigenvalue weighted by molar-refractivity contribution is 6.38. The molecule has 6 nitrogen and oxygen atoms in total. The topological polar surface area (TPSA) is 85.2 Å². The van der Waals surface area contributed by atoms with Crippen molar-refractivity contribution in [3.8, 4) is 5.75 Å². The molecular formula is C12H11NO5. The fourth-order valence-corrected chi connectivity index (χ4v) is 1.60. The third-order valence-corrected chi connectivity index (χ3v) is 2.42. The molecule has 6 heteroatoms. The van der Waals surface area contributed by atoms with Crippen LogP contribution in [0.15, 0.2) is 35.5 Å². The first-order valence-electron chi connectivity index (χ1n) is 5.36. The highest BCUT2D eigenvalue weighted by atomic mass is 16.6. The van der Waals surface area contributed by atoms with E-state index in [4.69, 9.17) is 14.7 Å². The van der Waals surface area contributed by atoms with Gasteiger partial charge in [-0.3, -0.25) is 4.79 Å². The van der Waals surface area contributed by atoms with Gasteiger partial charge in [-0.25, -0.2) is 4.79 Å². The standard InChI is InChI=1S/C12H11NO5/c14-11(17-8-4-2-1-3-5-8)7-9-6-10(13-16)12(15)18-9/h1-5,9,16H,6-7H2/b13-10+/t9-/m0/s1. The highest BCUT2D eigenvalue weighted by Crippen LogP contribution is 2.17. The number of cyclic esters (lactones) is 1. The van der Waals surface area contributed by atoms with E-state index in [-0.39, 0.29) is 18.6 Å². The van der Waals surface area contributed by atoms with E-state index in [0.29, 0.717) is 5.75 Å². The molecule has 0 radical (unpaired) electrons. The normalized spacial score (nSPS) is 20.8. The average Bonchev–Trinajstić information content (AvgIpc) is 2.70. The monoisotopic (exact) mass is 249 g/mol. The summed E-state index contributed by atoms with van der Waals surface area (Å²) in [7, 11) is 0. The summed E-state index contributed by atoms with van der Waals surface area (Å²) in [6, 6.07) is 8.60. The van der Waals surface area contributed by atoms with Crippen molar-refractivity contribution in [2.75, 3.05) is 0 Å². The summed E-state index contributed by atoms with van der Waals surface area (Å²) in [4.78, 5) is 22.6. The predicted octanol–water partition coefficient (Wildman–Crippen LogP) is 1.13. The number of ether oxygens (including phenoxy) is 2. The second-order valence-corrected chi connectivity index (χ2v) is 3.77. The number of nitrogens with zero attached hydrogens (tertiary/aromatic N) is 1. The summed E-state index contributed by atoms with van der Waals surface area (Å²) < 4.78 is 9.89. The van der Waals surface area contributed by atoms with Gasteiger partial charge in [-0.15, -0.1) is 0 Å². The second kappa shape index (κ2) is 5.31. The van der Waals surface area contributed by atoms with Gasteiger partial charge in [0.1, 0.15) is 11.9 Å². The van der Waals surface area contributed by atoms with Gasteiger partial charge in [0, 0.05) is 6.42 Å². The lowest BCUT2D eigenvalue weighted by Gasteiger charge is -2.07. The Hall–Kier alpha value is -2.37. The van der Waals surface area contributed by atoms with Crippen LogP contribution in [0.25, 0.3) is 0 Å². The smallest absolute Gasteiger partial charge is 0.356 e. The van der Waals surface area contributed by atoms with Crippen molar-refractivity contribution >= 4 is 17.7 Å². The van der Waals surface area contributed by atoms with E-state index in [1.807, 2.05) is 0 Å². The maximum Gasteiger partial charge on any atom is 0.356 e. The largest absolute Gasteiger partial charge is 0.457 e. The lowest BCUT2D eigenvalue weighted by atomic mass is 10.1. The van der Waals surface area contributed by atoms with Gasteiger partial charge in [-0.2, -0.15) is 0 Å². The second-order valence-electron chi connectivity index (χ2n) is 3.77. The van der Waals surface area contributed by atoms with Crippen molar-refractivity contribution in [2.24, 2.45) is 5.16 Å². The number of para-hydroxylation sites is 1. The molecule has 0 spiro atoms. The maximum absolute atomic E-state index is 11.6. The molecule has 0 bridgehead atoms. The highest BCUT2D eigenvalue weighted by Gasteiger charge is 2.33. The molecule has 0 unspecified atom stereocenters. The van der Waals surface area contributed by atoms with Gasteiger partial charge in [-0.1, -0.05) is 23.4 Å². The van der Waals surface area contributed by atoms with Crippen molar-refractivity contribution in [3.05, 3.63) is 30.3 Å². The van der Waals surface area contributed by atoms with Crippen molar-refractivity contribution < 1.29 is 24.3 Å². The van der Waals surface area contributed by atoms with Crippen molar-refractivity contribution in [1.82, 2.24) is 0 Å². The number of carbonyl (C=O) groups is 2. The number of esters is 2. The molecule has 1 aromatic rings. The summed E-state index contributed by atoms with van der Waals surface area (Å²) in [6.07, 6.45) is -0.585. The molecule has 18 heavy (non-hydrogen) atoms. The molecule has 0 aliphatic carbocycles. The maximum atomic E-state index is 11.6. The molecule has 1 saturated heterocycles. The Balaban J connectivity index is 1.88. The van der Waals surface area contributed by atoms with E-state index >= 15 is 0 Å². The summed E-state index contributed by atoms with van der Waals surface area (Å²) in [6.45, 7) is 0. The average molecular weight is 249 g/mol. The number of hydrogen-bond acceptors (Lipinski definition) is 6. The van der Waals surface area contributed by atoms with Crippen LogP contribution in [0.3, 0.4) is 0 Å². The Morgan fingerprint density at radius 1 is 1.44 bits per heavy atom. The fourth-order valence-electron chi connectivity index (χ4n) is 1.60. The van der Waals surface area contributed by atoms with Crippen LogP contribution in [-0.4, -0.2) is 29.0 Å². The molecule has 1 fully saturated rings. The SMILES string of the molecule is O=C(C[C@@H]1C/C(=N\O)C(=O)O1)Oc1ccccc1. The molecule has 1 aliphatic heterocycles. The number of oxime groups is 1. The van der Waals surface area contributed by atoms with E-state index in [0.717, 1.165) is 0 Å². The van der Waals surface area contributed by atoms with Gasteiger partial charge in [0.05, 0.1) is 6.42 Å². The van der Waals surface area contributed by atoms with Gasteiger partial charge < -0.3 is 14.7 Å². The van der Waals surface area contributed by atoms with E-state index < -0.39 is 18.0 Å². The van der Waals surface area contributed by atoms with E-state index in [9.17, 15) is 9.59 Å². The molecule has 94 valence electrons. The van der Waals surface area contributed by atoms with Gasteiger partial charge in [0.15, 0.2) is 5.71 Å². The van der Waals surface area contributed by atoms with Crippen LogP contribution in [0, 0.1) is 0 Å². The Kier molecular flexibility index (Phi) is 3.57. The summed E-state index contributed by atoms with van der Waals surface area (Å²) >= 11 is 0. The molecule has 0 aromatic heterocycles. The van der Waals surface area contributed by atoms with Crippen molar-refractivity contribution in [2.45, 2.75) is 18.9 Å². The van der Waals surface area contributed by atoms with Gasteiger partial charge in [0.2, 0.25) is 0 Å². The molecular weight excluding hydrogens is 238 g/mol. The van der Waals surface area contributed by atoms with Crippen LogP contribution < -0.4 is 4.74 Å². The minimum absolute atomic E-state index is 0.0698. The number of hydrogen-bond donors (Lipinski definition) is 1. The van der Waals surface area contributed by atoms with Crippen LogP contribution in [0.2, 0.25) is 0 Å². The van der Waals surface area contributed by atoms with Crippen LogP contribution >= 0.6 is 0 Å². The molecule has 1 aromatic carbocycles. The van der Waals surface area contributed by atoms with Crippen molar-refractivity contribution in [3.63, 3.8) is 0 Å². The first-order valence-corrected chi connectivity index (χ1v) is 5.36. The van der Waals surface area contributed by atoms with Gasteiger partial charge in [-0.05, 0) is 12.1 Å². The van der Waals surface area contributed by atoms with Crippen LogP contribution in [0.5, 0.6) is 5.75 Å². The summed E-state index contributed by atoms with van der Waals surface area (Å²) in [5.74, 6) is -0.768. The number of carbonyl (C=O) groups excluding carboxylic acids is 2. The molecule has 1 atom stereocenters. The van der Waals surface area contributed by atoms with Gasteiger partial charge in [0.25, 0.3) is 0 Å². The van der Waals surface area contributed by atoms with E-state index in [2.05, 4.69) is 5.16 Å². The van der Waals surface area contributed by atoms with Crippen LogP contribution in [-0.2, 0) is 14.3 Å². The number of rotatable bonds is 3. The zero-order valence-electron chi connectivity index (χ0n) is 9.41. The molecule has 1 aliphatic rings. The Labute approximate surface area is 103 Å². The molecule has 1 N–H and O–H groups in total. The van der Waals surface area contributed by atoms with E-state index in [1.165, 1.54) is 0 Å². The molecule has 0 amide bonds. The lowest BCUT2D eigenvalue weighted by molar-refractivity contribution is -0.142. The van der Waals surface area contributed by atoms with Crippen molar-refractivity contribution in [1.29, 1.82) is 0 Å². The molecule has 0 saturated carbocycles. The fraction of sp³-hybridized carbons (Fsp3) is 0.250. The van der Waals surface area contributed by atoms with Crippen LogP contribution in [0.4, 0.5) is 0 Å². The third-order valence-electron chi connectivity index (χ3n) is 2.42. The van der Waals surface area contributed by atoms with Gasteiger partial charge >= 0.3 is 11.9 Å². The quantitative estimate of drug-likeness (QED) is 0.375. The van der Waals surface area contributed by atoms with E-state index in [1.54, 1.807) is 30.3 Å². The summed E-state index contributed by atoms with van der Waals surface area (Å²) in [5, 5.41) is 11.3. The zero-order valence-corrected chi connectivity index (χ0v) is 9.41. The molecule has 1 heterocycles. The molecule has 2 rings (SSSR count). The minimum Gasteiger partial charge on any atom is -0.457 e. The Morgan fingerprint density at radius 2 is 2.17 bits per heavy atom. The zero-order chi connectivity index (χ0) is 13.0. The summed E-state index contributed by atoms with van der Waals surface area (Å²) in [5.41, 5.74) is -0.0764. The predicted molar refractivity (Wildman–Crippen MR) is 60.4 cm³/mol. The Morgan fingerprint density at radius 3 is 2.78 bits per heavy atom. The first kappa shape index (κ1) is 12.1. The minimum atomic E-state index is -0.699.